The van der Waals surface area contributed by atoms with E-state index in [0.29, 0.717) is 31.0 Å². The maximum atomic E-state index is 12.8. The fourth-order valence-electron chi connectivity index (χ4n) is 3.57. The molecule has 0 bridgehead atoms. The van der Waals surface area contributed by atoms with Gasteiger partial charge in [-0.25, -0.2) is 0 Å². The minimum Gasteiger partial charge on any atom is -0.465 e. The summed E-state index contributed by atoms with van der Waals surface area (Å²) in [5, 5.41) is 11.1. The number of aryl methyl sites for hydroxylation is 2. The topological polar surface area (TPSA) is 106 Å². The molecule has 0 saturated carbocycles. The maximum Gasteiger partial charge on any atom is 0.247 e. The lowest BCUT2D eigenvalue weighted by Crippen LogP contribution is -2.42. The lowest BCUT2D eigenvalue weighted by atomic mass is 10.2. The first-order valence-corrected chi connectivity index (χ1v) is 9.78. The van der Waals surface area contributed by atoms with Crippen LogP contribution >= 0.6 is 0 Å². The summed E-state index contributed by atoms with van der Waals surface area (Å²) in [7, 11) is 0. The predicted molar refractivity (Wildman–Crippen MR) is 108 cm³/mol. The van der Waals surface area contributed by atoms with Gasteiger partial charge >= 0.3 is 0 Å². The molecule has 1 unspecified atom stereocenters. The Kier molecular flexibility index (Phi) is 5.51. The summed E-state index contributed by atoms with van der Waals surface area (Å²) < 4.78 is 12.1. The number of hydrogen-bond acceptors (Lipinski definition) is 6. The van der Waals surface area contributed by atoms with Gasteiger partial charge in [0.15, 0.2) is 0 Å². The Bertz CT molecular complexity index is 1040. The summed E-state index contributed by atoms with van der Waals surface area (Å²) in [6, 6.07) is 3.00. The number of carbonyl (C=O) groups is 2. The van der Waals surface area contributed by atoms with Crippen molar-refractivity contribution in [2.45, 2.75) is 39.3 Å². The van der Waals surface area contributed by atoms with E-state index in [-0.39, 0.29) is 11.8 Å². The molecular weight excluding hydrogens is 386 g/mol. The monoisotopic (exact) mass is 409 g/mol. The fraction of sp³-hybridized carbons (Fsp3) is 0.333. The zero-order valence-corrected chi connectivity index (χ0v) is 16.9. The summed E-state index contributed by atoms with van der Waals surface area (Å²) in [5.41, 5.74) is 2.36. The zero-order chi connectivity index (χ0) is 21.1. The number of carbonyl (C=O) groups excluding carboxylic acids is 2. The molecule has 1 saturated heterocycles. The lowest BCUT2D eigenvalue weighted by Gasteiger charge is -2.22. The van der Waals surface area contributed by atoms with E-state index < -0.39 is 6.04 Å². The summed E-state index contributed by atoms with van der Waals surface area (Å²) >= 11 is 0. The van der Waals surface area contributed by atoms with Crippen LogP contribution in [-0.2, 0) is 16.1 Å². The standard InChI is InChI=1S/C21H23N5O4/c1-14-18(15(2)30-24-14)13-25-12-16(11-22-25)23-21(28)19-6-3-9-26(19)20(27)8-7-17-5-4-10-29-17/h4-5,7-8,10-12,19H,3,6,9,13H2,1-2H3,(H,23,28). The van der Waals surface area contributed by atoms with Crippen molar-refractivity contribution in [1.29, 1.82) is 0 Å². The molecule has 4 heterocycles. The lowest BCUT2D eigenvalue weighted by molar-refractivity contribution is -0.132. The average Bonchev–Trinajstić information content (AvgIpc) is 3.52. The van der Waals surface area contributed by atoms with E-state index in [9.17, 15) is 9.59 Å². The predicted octanol–water partition coefficient (Wildman–Crippen LogP) is 2.77. The SMILES string of the molecule is Cc1noc(C)c1Cn1cc(NC(=O)C2CCCN2C(=O)C=Cc2ccco2)cn1. The van der Waals surface area contributed by atoms with Gasteiger partial charge in [-0.3, -0.25) is 14.3 Å². The first-order chi connectivity index (χ1) is 14.5. The Labute approximate surface area is 173 Å². The summed E-state index contributed by atoms with van der Waals surface area (Å²) in [6.45, 7) is 4.78. The molecule has 3 aromatic heterocycles. The Morgan fingerprint density at radius 1 is 1.37 bits per heavy atom. The Balaban J connectivity index is 1.38. The quantitative estimate of drug-likeness (QED) is 0.628. The first-order valence-electron chi connectivity index (χ1n) is 9.78. The van der Waals surface area contributed by atoms with Gasteiger partial charge in [0.05, 0.1) is 30.4 Å². The number of rotatable bonds is 6. The molecule has 3 aromatic rings. The highest BCUT2D eigenvalue weighted by Gasteiger charge is 2.33. The van der Waals surface area contributed by atoms with E-state index in [0.717, 1.165) is 23.4 Å². The van der Waals surface area contributed by atoms with Crippen molar-refractivity contribution < 1.29 is 18.5 Å². The van der Waals surface area contributed by atoms with Crippen LogP contribution in [0.4, 0.5) is 5.69 Å². The molecule has 156 valence electrons. The highest BCUT2D eigenvalue weighted by Crippen LogP contribution is 2.21. The van der Waals surface area contributed by atoms with Gasteiger partial charge in [0.25, 0.3) is 0 Å². The number of furan rings is 1. The van der Waals surface area contributed by atoms with E-state index in [4.69, 9.17) is 8.94 Å². The third-order valence-electron chi connectivity index (χ3n) is 5.17. The summed E-state index contributed by atoms with van der Waals surface area (Å²) in [4.78, 5) is 26.9. The molecule has 4 rings (SSSR count). The van der Waals surface area contributed by atoms with Crippen LogP contribution in [0.25, 0.3) is 6.08 Å². The summed E-state index contributed by atoms with van der Waals surface area (Å²) in [5.74, 6) is 0.910. The Morgan fingerprint density at radius 2 is 2.23 bits per heavy atom. The van der Waals surface area contributed by atoms with Crippen LogP contribution in [0.3, 0.4) is 0 Å². The number of anilines is 1. The van der Waals surface area contributed by atoms with E-state index in [1.54, 1.807) is 46.4 Å². The van der Waals surface area contributed by atoms with E-state index in [2.05, 4.69) is 15.6 Å². The zero-order valence-electron chi connectivity index (χ0n) is 16.9. The molecule has 9 nitrogen and oxygen atoms in total. The molecule has 1 fully saturated rings. The number of hydrogen-bond donors (Lipinski definition) is 1. The molecule has 1 atom stereocenters. The summed E-state index contributed by atoms with van der Waals surface area (Å²) in [6.07, 6.45) is 9.33. The number of nitrogens with one attached hydrogen (secondary N) is 1. The molecule has 30 heavy (non-hydrogen) atoms. The second-order valence-electron chi connectivity index (χ2n) is 7.26. The van der Waals surface area contributed by atoms with Crippen molar-refractivity contribution in [3.63, 3.8) is 0 Å². The largest absolute Gasteiger partial charge is 0.465 e. The highest BCUT2D eigenvalue weighted by molar-refractivity contribution is 6.00. The minimum absolute atomic E-state index is 0.210. The van der Waals surface area contributed by atoms with E-state index >= 15 is 0 Å². The average molecular weight is 409 g/mol. The van der Waals surface area contributed by atoms with Crippen LogP contribution in [0.2, 0.25) is 0 Å². The van der Waals surface area contributed by atoms with Crippen LogP contribution in [0, 0.1) is 13.8 Å². The van der Waals surface area contributed by atoms with E-state index in [1.807, 2.05) is 13.8 Å². The fourth-order valence-corrected chi connectivity index (χ4v) is 3.57. The van der Waals surface area contributed by atoms with Crippen LogP contribution in [0.1, 0.15) is 35.6 Å². The highest BCUT2D eigenvalue weighted by atomic mass is 16.5. The molecule has 0 aliphatic carbocycles. The van der Waals surface area contributed by atoms with Gasteiger partial charge in [-0.15, -0.1) is 0 Å². The van der Waals surface area contributed by atoms with Crippen LogP contribution in [0.5, 0.6) is 0 Å². The molecule has 1 aliphatic heterocycles. The number of amides is 2. The Hall–Kier alpha value is -3.62. The molecule has 1 N–H and O–H groups in total. The van der Waals surface area contributed by atoms with Gasteiger partial charge in [-0.05, 0) is 44.9 Å². The second-order valence-corrected chi connectivity index (χ2v) is 7.26. The van der Waals surface area contributed by atoms with Gasteiger partial charge in [0.1, 0.15) is 17.6 Å². The normalized spacial score (nSPS) is 16.5. The van der Waals surface area contributed by atoms with Crippen molar-refractivity contribution in [2.24, 2.45) is 0 Å². The molecular formula is C21H23N5O4. The number of likely N-dealkylation sites (tertiary alicyclic amines) is 1. The number of aromatic nitrogens is 3. The van der Waals surface area contributed by atoms with Crippen molar-refractivity contribution in [1.82, 2.24) is 19.8 Å². The van der Waals surface area contributed by atoms with Crippen molar-refractivity contribution >= 4 is 23.6 Å². The van der Waals surface area contributed by atoms with Crippen LogP contribution in [0.15, 0.2) is 45.8 Å². The van der Waals surface area contributed by atoms with Gasteiger partial charge in [0, 0.05) is 24.4 Å². The smallest absolute Gasteiger partial charge is 0.247 e. The molecule has 1 aliphatic rings. The van der Waals surface area contributed by atoms with E-state index in [1.165, 1.54) is 6.08 Å². The van der Waals surface area contributed by atoms with Gasteiger partial charge < -0.3 is 19.2 Å². The van der Waals surface area contributed by atoms with Crippen molar-refractivity contribution in [3.05, 3.63) is 59.6 Å². The number of nitrogens with zero attached hydrogens (tertiary/aromatic N) is 4. The van der Waals surface area contributed by atoms with Crippen LogP contribution in [-0.4, -0.2) is 44.2 Å². The maximum absolute atomic E-state index is 12.8. The van der Waals surface area contributed by atoms with Crippen molar-refractivity contribution in [2.75, 3.05) is 11.9 Å². The molecule has 9 heteroatoms. The Morgan fingerprint density at radius 3 is 2.97 bits per heavy atom. The van der Waals surface area contributed by atoms with Gasteiger partial charge in [-0.1, -0.05) is 5.16 Å². The van der Waals surface area contributed by atoms with Crippen molar-refractivity contribution in [3.8, 4) is 0 Å². The molecule has 0 aromatic carbocycles. The third-order valence-corrected chi connectivity index (χ3v) is 5.17. The third kappa shape index (κ3) is 4.19. The molecule has 0 spiro atoms. The van der Waals surface area contributed by atoms with Gasteiger partial charge in [0.2, 0.25) is 11.8 Å². The first kappa shape index (κ1) is 19.7. The molecule has 0 radical (unpaired) electrons. The minimum atomic E-state index is -0.510. The van der Waals surface area contributed by atoms with Crippen LogP contribution < -0.4 is 5.32 Å². The molecule has 2 amide bonds. The van der Waals surface area contributed by atoms with Gasteiger partial charge in [-0.2, -0.15) is 5.10 Å². The second kappa shape index (κ2) is 8.40.